The molecule has 1 aliphatic rings. The Morgan fingerprint density at radius 2 is 1.81 bits per heavy atom. The van der Waals surface area contributed by atoms with Crippen LogP contribution in [0.4, 0.5) is 0 Å². The Balaban J connectivity index is 2.11. The summed E-state index contributed by atoms with van der Waals surface area (Å²) in [6.07, 6.45) is 1.90. The molecule has 4 nitrogen and oxygen atoms in total. The maximum absolute atomic E-state index is 5.99. The third kappa shape index (κ3) is 2.62. The Hall–Kier alpha value is -0.870. The van der Waals surface area contributed by atoms with E-state index in [1.165, 1.54) is 0 Å². The van der Waals surface area contributed by atoms with Gasteiger partial charge in [-0.2, -0.15) is 0 Å². The molecule has 1 aliphatic heterocycles. The Kier molecular flexibility index (Phi) is 3.61. The van der Waals surface area contributed by atoms with E-state index in [2.05, 4.69) is 9.97 Å². The highest BCUT2D eigenvalue weighted by atomic mass is 35.5. The number of aryl methyl sites for hydroxylation is 2. The number of hydrogen-bond donors (Lipinski definition) is 0. The number of halogens is 1. The highest BCUT2D eigenvalue weighted by molar-refractivity contribution is 6.30. The van der Waals surface area contributed by atoms with Gasteiger partial charge >= 0.3 is 0 Å². The van der Waals surface area contributed by atoms with Crippen LogP contribution >= 0.6 is 11.6 Å². The zero-order valence-corrected chi connectivity index (χ0v) is 10.3. The van der Waals surface area contributed by atoms with Crippen LogP contribution in [-0.4, -0.2) is 29.3 Å². The van der Waals surface area contributed by atoms with E-state index in [0.717, 1.165) is 37.4 Å². The molecule has 0 spiro atoms. The summed E-state index contributed by atoms with van der Waals surface area (Å²) in [6.45, 7) is 5.25. The molecule has 0 saturated carbocycles. The maximum atomic E-state index is 5.99. The van der Waals surface area contributed by atoms with Gasteiger partial charge in [0.15, 0.2) is 5.15 Å². The largest absolute Gasteiger partial charge is 0.472 e. The van der Waals surface area contributed by atoms with Gasteiger partial charge in [0, 0.05) is 12.8 Å². The van der Waals surface area contributed by atoms with Gasteiger partial charge in [0.05, 0.1) is 24.6 Å². The fraction of sp³-hybridized carbons (Fsp3) is 0.636. The molecule has 0 aromatic carbocycles. The molecule has 1 aromatic rings. The minimum Gasteiger partial charge on any atom is -0.472 e. The fourth-order valence-electron chi connectivity index (χ4n) is 1.58. The highest BCUT2D eigenvalue weighted by Gasteiger charge is 2.18. The van der Waals surface area contributed by atoms with E-state index in [9.17, 15) is 0 Å². The van der Waals surface area contributed by atoms with E-state index in [1.54, 1.807) is 0 Å². The summed E-state index contributed by atoms with van der Waals surface area (Å²) in [5.74, 6) is 0.441. The Labute approximate surface area is 99.9 Å². The van der Waals surface area contributed by atoms with Gasteiger partial charge in [-0.15, -0.1) is 0 Å². The van der Waals surface area contributed by atoms with Crippen molar-refractivity contribution >= 4 is 11.6 Å². The van der Waals surface area contributed by atoms with E-state index in [-0.39, 0.29) is 6.10 Å². The number of nitrogens with zero attached hydrogens (tertiary/aromatic N) is 2. The van der Waals surface area contributed by atoms with E-state index < -0.39 is 0 Å². The normalized spacial score (nSPS) is 17.4. The maximum Gasteiger partial charge on any atom is 0.252 e. The molecular formula is C11H15ClN2O2. The third-order valence-electron chi connectivity index (χ3n) is 2.68. The van der Waals surface area contributed by atoms with Gasteiger partial charge in [-0.05, 0) is 13.8 Å². The van der Waals surface area contributed by atoms with Crippen LogP contribution in [0, 0.1) is 13.8 Å². The molecule has 88 valence electrons. The van der Waals surface area contributed by atoms with Crippen molar-refractivity contribution in [3.05, 3.63) is 16.5 Å². The molecule has 1 saturated heterocycles. The second-order valence-corrected chi connectivity index (χ2v) is 4.28. The lowest BCUT2D eigenvalue weighted by molar-refractivity contribution is 0.0235. The van der Waals surface area contributed by atoms with Crippen molar-refractivity contribution in [2.24, 2.45) is 0 Å². The second kappa shape index (κ2) is 4.97. The monoisotopic (exact) mass is 242 g/mol. The Bertz CT molecular complexity index is 378. The predicted octanol–water partition coefficient (Wildman–Crippen LogP) is 2.30. The summed E-state index contributed by atoms with van der Waals surface area (Å²) in [4.78, 5) is 8.49. The first-order valence-corrected chi connectivity index (χ1v) is 5.80. The van der Waals surface area contributed by atoms with Crippen LogP contribution in [0.1, 0.15) is 24.2 Å². The van der Waals surface area contributed by atoms with E-state index in [4.69, 9.17) is 21.1 Å². The molecule has 0 unspecified atom stereocenters. The molecule has 2 heterocycles. The van der Waals surface area contributed by atoms with E-state index in [1.807, 2.05) is 13.8 Å². The Morgan fingerprint density at radius 1 is 1.19 bits per heavy atom. The third-order valence-corrected chi connectivity index (χ3v) is 2.93. The molecule has 0 radical (unpaired) electrons. The van der Waals surface area contributed by atoms with Crippen LogP contribution < -0.4 is 4.74 Å². The van der Waals surface area contributed by atoms with E-state index in [0.29, 0.717) is 11.0 Å². The van der Waals surface area contributed by atoms with E-state index >= 15 is 0 Å². The summed E-state index contributed by atoms with van der Waals surface area (Å²) in [5, 5.41) is 0.342. The molecular weight excluding hydrogens is 228 g/mol. The average Bonchev–Trinajstić information content (AvgIpc) is 2.27. The van der Waals surface area contributed by atoms with Crippen LogP contribution in [-0.2, 0) is 4.74 Å². The summed E-state index contributed by atoms with van der Waals surface area (Å²) < 4.78 is 11.0. The van der Waals surface area contributed by atoms with Gasteiger partial charge in [-0.3, -0.25) is 0 Å². The van der Waals surface area contributed by atoms with Gasteiger partial charge in [-0.1, -0.05) is 11.6 Å². The first-order chi connectivity index (χ1) is 7.66. The zero-order valence-electron chi connectivity index (χ0n) is 9.49. The molecule has 0 atom stereocenters. The molecule has 0 bridgehead atoms. The lowest BCUT2D eigenvalue weighted by Crippen LogP contribution is -2.26. The molecule has 5 heteroatoms. The minimum absolute atomic E-state index is 0.141. The molecule has 0 aliphatic carbocycles. The topological polar surface area (TPSA) is 44.2 Å². The quantitative estimate of drug-likeness (QED) is 0.798. The fourth-order valence-corrected chi connectivity index (χ4v) is 1.80. The van der Waals surface area contributed by atoms with Crippen molar-refractivity contribution in [2.75, 3.05) is 13.2 Å². The Morgan fingerprint density at radius 3 is 2.50 bits per heavy atom. The second-order valence-electron chi connectivity index (χ2n) is 3.92. The minimum atomic E-state index is 0.141. The first kappa shape index (κ1) is 11.6. The van der Waals surface area contributed by atoms with Crippen LogP contribution in [0.25, 0.3) is 0 Å². The van der Waals surface area contributed by atoms with Crippen molar-refractivity contribution in [2.45, 2.75) is 32.8 Å². The van der Waals surface area contributed by atoms with Crippen molar-refractivity contribution < 1.29 is 9.47 Å². The van der Waals surface area contributed by atoms with Crippen molar-refractivity contribution in [1.82, 2.24) is 9.97 Å². The molecule has 0 N–H and O–H groups in total. The summed E-state index contributed by atoms with van der Waals surface area (Å²) >= 11 is 5.99. The van der Waals surface area contributed by atoms with Gasteiger partial charge in [0.2, 0.25) is 0 Å². The van der Waals surface area contributed by atoms with Crippen molar-refractivity contribution in [3.63, 3.8) is 0 Å². The van der Waals surface area contributed by atoms with Crippen molar-refractivity contribution in [1.29, 1.82) is 0 Å². The SMILES string of the molecule is Cc1nc(Cl)c(OC2CCOCC2)nc1C. The summed E-state index contributed by atoms with van der Waals surface area (Å²) in [5.41, 5.74) is 1.69. The zero-order chi connectivity index (χ0) is 11.5. The molecule has 1 fully saturated rings. The van der Waals surface area contributed by atoms with Gasteiger partial charge < -0.3 is 9.47 Å². The predicted molar refractivity (Wildman–Crippen MR) is 61.0 cm³/mol. The number of rotatable bonds is 2. The number of hydrogen-bond acceptors (Lipinski definition) is 4. The number of aromatic nitrogens is 2. The molecule has 0 amide bonds. The van der Waals surface area contributed by atoms with Crippen molar-refractivity contribution in [3.8, 4) is 5.88 Å². The van der Waals surface area contributed by atoms with Crippen LogP contribution in [0.3, 0.4) is 0 Å². The van der Waals surface area contributed by atoms with Gasteiger partial charge in [0.1, 0.15) is 6.10 Å². The molecule has 1 aromatic heterocycles. The lowest BCUT2D eigenvalue weighted by Gasteiger charge is -2.23. The first-order valence-electron chi connectivity index (χ1n) is 5.42. The lowest BCUT2D eigenvalue weighted by atomic mass is 10.2. The average molecular weight is 243 g/mol. The summed E-state index contributed by atoms with van der Waals surface area (Å²) in [6, 6.07) is 0. The van der Waals surface area contributed by atoms with Crippen LogP contribution in [0.2, 0.25) is 5.15 Å². The molecule has 16 heavy (non-hydrogen) atoms. The van der Waals surface area contributed by atoms with Crippen LogP contribution in [0.15, 0.2) is 0 Å². The number of ether oxygens (including phenoxy) is 2. The molecule has 2 rings (SSSR count). The standard InChI is InChI=1S/C11H15ClN2O2/c1-7-8(2)14-11(10(12)13-7)16-9-3-5-15-6-4-9/h9H,3-6H2,1-2H3. The summed E-state index contributed by atoms with van der Waals surface area (Å²) in [7, 11) is 0. The van der Waals surface area contributed by atoms with Crippen LogP contribution in [0.5, 0.6) is 5.88 Å². The van der Waals surface area contributed by atoms with Gasteiger partial charge in [-0.25, -0.2) is 9.97 Å². The van der Waals surface area contributed by atoms with Gasteiger partial charge in [0.25, 0.3) is 5.88 Å². The highest BCUT2D eigenvalue weighted by Crippen LogP contribution is 2.24. The smallest absolute Gasteiger partial charge is 0.252 e.